The van der Waals surface area contributed by atoms with Crippen LogP contribution < -0.4 is 4.90 Å². The van der Waals surface area contributed by atoms with Crippen LogP contribution in [0.4, 0.5) is 14.9 Å². The zero-order valence-corrected chi connectivity index (χ0v) is 18.4. The number of esters is 1. The first-order valence-electron chi connectivity index (χ1n) is 10.00. The number of rotatable bonds is 5. The average molecular weight is 451 g/mol. The maximum Gasteiger partial charge on any atom is 0.337 e. The quantitative estimate of drug-likeness (QED) is 0.661. The van der Waals surface area contributed by atoms with E-state index in [0.29, 0.717) is 5.69 Å². The first kappa shape index (κ1) is 23.1. The molecule has 0 bridgehead atoms. The SMILES string of the molecule is CCc1ccc(N(Cc2ccc(C(=O)OC)cc2F)C(=O)N2CCS(O)(O)CC2)cc1. The van der Waals surface area contributed by atoms with E-state index in [4.69, 9.17) is 0 Å². The summed E-state index contributed by atoms with van der Waals surface area (Å²) in [7, 11) is -1.42. The van der Waals surface area contributed by atoms with Gasteiger partial charge in [-0.15, -0.1) is 0 Å². The number of ether oxygens (including phenoxy) is 1. The van der Waals surface area contributed by atoms with Crippen molar-refractivity contribution < 1.29 is 27.8 Å². The van der Waals surface area contributed by atoms with Gasteiger partial charge in [0.1, 0.15) is 5.82 Å². The van der Waals surface area contributed by atoms with Crippen molar-refractivity contribution in [2.75, 3.05) is 36.6 Å². The highest BCUT2D eigenvalue weighted by atomic mass is 32.3. The Morgan fingerprint density at radius 2 is 1.77 bits per heavy atom. The number of halogens is 1. The number of carbonyl (C=O) groups is 2. The van der Waals surface area contributed by atoms with Crippen LogP contribution in [0.2, 0.25) is 0 Å². The van der Waals surface area contributed by atoms with Gasteiger partial charge in [0.05, 0.1) is 30.7 Å². The average Bonchev–Trinajstić information content (AvgIpc) is 2.77. The second kappa shape index (κ2) is 9.67. The molecule has 0 atom stereocenters. The van der Waals surface area contributed by atoms with Crippen LogP contribution in [0.25, 0.3) is 0 Å². The van der Waals surface area contributed by atoms with Crippen LogP contribution in [0.5, 0.6) is 0 Å². The van der Waals surface area contributed by atoms with Gasteiger partial charge in [-0.25, -0.2) is 14.0 Å². The third kappa shape index (κ3) is 5.55. The van der Waals surface area contributed by atoms with Gasteiger partial charge in [-0.05, 0) is 36.2 Å². The number of urea groups is 1. The highest BCUT2D eigenvalue weighted by molar-refractivity contribution is 8.24. The lowest BCUT2D eigenvalue weighted by atomic mass is 10.1. The second-order valence-corrected chi connectivity index (χ2v) is 9.80. The Balaban J connectivity index is 1.89. The summed E-state index contributed by atoms with van der Waals surface area (Å²) in [6.07, 6.45) is 0.849. The Hall–Kier alpha value is -2.62. The number of nitrogens with zero attached hydrogens (tertiary/aromatic N) is 2. The molecular weight excluding hydrogens is 423 g/mol. The van der Waals surface area contributed by atoms with Gasteiger partial charge in [0.2, 0.25) is 0 Å². The third-order valence-electron chi connectivity index (χ3n) is 5.34. The van der Waals surface area contributed by atoms with Crippen molar-refractivity contribution in [3.05, 3.63) is 65.0 Å². The largest absolute Gasteiger partial charge is 0.465 e. The minimum absolute atomic E-state index is 0.0374. The first-order valence-corrected chi connectivity index (χ1v) is 11.9. The Morgan fingerprint density at radius 3 is 2.32 bits per heavy atom. The fourth-order valence-electron chi connectivity index (χ4n) is 3.36. The number of aryl methyl sites for hydroxylation is 1. The molecule has 0 aliphatic carbocycles. The molecule has 9 heteroatoms. The van der Waals surface area contributed by atoms with E-state index in [-0.39, 0.29) is 48.3 Å². The van der Waals surface area contributed by atoms with Gasteiger partial charge in [0.25, 0.3) is 0 Å². The highest BCUT2D eigenvalue weighted by Crippen LogP contribution is 2.40. The van der Waals surface area contributed by atoms with Crippen molar-refractivity contribution in [3.63, 3.8) is 0 Å². The van der Waals surface area contributed by atoms with Gasteiger partial charge in [-0.2, -0.15) is 10.6 Å². The molecule has 3 rings (SSSR count). The molecule has 1 aliphatic rings. The van der Waals surface area contributed by atoms with Crippen LogP contribution in [-0.4, -0.2) is 57.7 Å². The van der Waals surface area contributed by atoms with E-state index in [1.165, 1.54) is 24.1 Å². The molecule has 1 heterocycles. The van der Waals surface area contributed by atoms with Crippen LogP contribution in [0.1, 0.15) is 28.4 Å². The lowest BCUT2D eigenvalue weighted by Crippen LogP contribution is -2.48. The van der Waals surface area contributed by atoms with Crippen molar-refractivity contribution in [1.82, 2.24) is 4.90 Å². The second-order valence-electron chi connectivity index (χ2n) is 7.38. The Kier molecular flexibility index (Phi) is 7.19. The molecule has 0 radical (unpaired) electrons. The molecule has 2 aromatic rings. The van der Waals surface area contributed by atoms with Crippen LogP contribution >= 0.6 is 10.6 Å². The van der Waals surface area contributed by atoms with Crippen LogP contribution in [0, 0.1) is 5.82 Å². The summed E-state index contributed by atoms with van der Waals surface area (Å²) in [5.74, 6) is -0.993. The predicted molar refractivity (Wildman–Crippen MR) is 119 cm³/mol. The van der Waals surface area contributed by atoms with Crippen molar-refractivity contribution in [3.8, 4) is 0 Å². The molecule has 168 valence electrons. The molecule has 1 fully saturated rings. The molecule has 2 amide bonds. The van der Waals surface area contributed by atoms with Gasteiger partial charge in [-0.1, -0.05) is 25.1 Å². The van der Waals surface area contributed by atoms with Crippen molar-refractivity contribution in [1.29, 1.82) is 0 Å². The van der Waals surface area contributed by atoms with E-state index in [0.717, 1.165) is 18.1 Å². The van der Waals surface area contributed by atoms with Crippen molar-refractivity contribution in [2.24, 2.45) is 0 Å². The predicted octanol–water partition coefficient (Wildman–Crippen LogP) is 4.37. The fraction of sp³-hybridized carbons (Fsp3) is 0.364. The number of amides is 2. The molecule has 0 spiro atoms. The number of hydrogen-bond acceptors (Lipinski definition) is 5. The molecule has 1 saturated heterocycles. The number of methoxy groups -OCH3 is 1. The number of benzene rings is 2. The highest BCUT2D eigenvalue weighted by Gasteiger charge is 2.29. The van der Waals surface area contributed by atoms with Gasteiger partial charge < -0.3 is 9.64 Å². The summed E-state index contributed by atoms with van der Waals surface area (Å²) in [6, 6.07) is 11.1. The smallest absolute Gasteiger partial charge is 0.337 e. The minimum atomic E-state index is -2.65. The minimum Gasteiger partial charge on any atom is -0.465 e. The van der Waals surface area contributed by atoms with Gasteiger partial charge in [0.15, 0.2) is 0 Å². The van der Waals surface area contributed by atoms with Crippen LogP contribution in [0.3, 0.4) is 0 Å². The van der Waals surface area contributed by atoms with Crippen molar-refractivity contribution in [2.45, 2.75) is 19.9 Å². The lowest BCUT2D eigenvalue weighted by molar-refractivity contribution is 0.0600. The molecule has 2 N–H and O–H groups in total. The normalized spacial score (nSPS) is 16.5. The van der Waals surface area contributed by atoms with Crippen molar-refractivity contribution >= 4 is 28.3 Å². The molecule has 1 aliphatic heterocycles. The molecule has 31 heavy (non-hydrogen) atoms. The van der Waals surface area contributed by atoms with E-state index in [9.17, 15) is 23.1 Å². The Morgan fingerprint density at radius 1 is 1.13 bits per heavy atom. The number of anilines is 1. The lowest BCUT2D eigenvalue weighted by Gasteiger charge is -2.42. The topological polar surface area (TPSA) is 90.3 Å². The standard InChI is InChI=1S/C22H27FN2O5S/c1-3-16-4-8-19(9-5-16)25(22(27)24-10-12-31(28,29)13-11-24)15-18-7-6-17(14-20(18)23)21(26)30-2/h4-9,14,28-29H,3,10-13,15H2,1-2H3. The molecule has 0 aromatic heterocycles. The van der Waals surface area contributed by atoms with Gasteiger partial charge in [-0.3, -0.25) is 14.0 Å². The molecule has 2 aromatic carbocycles. The maximum atomic E-state index is 14.7. The van der Waals surface area contributed by atoms with Gasteiger partial charge in [0, 0.05) is 24.3 Å². The summed E-state index contributed by atoms with van der Waals surface area (Å²) >= 11 is 0. The molecular formula is C22H27FN2O5S. The van der Waals surface area contributed by atoms with E-state index in [2.05, 4.69) is 4.74 Å². The van der Waals surface area contributed by atoms with E-state index in [1.807, 2.05) is 31.2 Å². The van der Waals surface area contributed by atoms with Crippen LogP contribution in [0.15, 0.2) is 42.5 Å². The van der Waals surface area contributed by atoms with E-state index >= 15 is 0 Å². The molecule has 7 nitrogen and oxygen atoms in total. The molecule has 0 saturated carbocycles. The summed E-state index contributed by atoms with van der Waals surface area (Å²) in [4.78, 5) is 28.0. The summed E-state index contributed by atoms with van der Waals surface area (Å²) in [6.45, 7) is 2.43. The van der Waals surface area contributed by atoms with E-state index < -0.39 is 22.4 Å². The number of carbonyl (C=O) groups excluding carboxylic acids is 2. The summed E-state index contributed by atoms with van der Waals surface area (Å²) in [5.41, 5.74) is 2.06. The third-order valence-corrected chi connectivity index (χ3v) is 7.01. The number of hydrogen-bond donors (Lipinski definition) is 2. The Labute approximate surface area is 182 Å². The van der Waals surface area contributed by atoms with Crippen LogP contribution in [-0.2, 0) is 17.7 Å². The Bertz CT molecular complexity index is 941. The molecule has 0 unspecified atom stereocenters. The first-order chi connectivity index (χ1) is 14.7. The monoisotopic (exact) mass is 450 g/mol. The summed E-state index contributed by atoms with van der Waals surface area (Å²) in [5, 5.41) is 0. The summed E-state index contributed by atoms with van der Waals surface area (Å²) < 4.78 is 39.0. The zero-order valence-electron chi connectivity index (χ0n) is 17.6. The fourth-order valence-corrected chi connectivity index (χ4v) is 4.59. The van der Waals surface area contributed by atoms with Gasteiger partial charge >= 0.3 is 12.0 Å². The van der Waals surface area contributed by atoms with E-state index in [1.54, 1.807) is 4.90 Å². The zero-order chi connectivity index (χ0) is 22.6. The maximum absolute atomic E-state index is 14.7.